The van der Waals surface area contributed by atoms with Crippen LogP contribution in [0.15, 0.2) is 24.3 Å². The van der Waals surface area contributed by atoms with Gasteiger partial charge in [0.05, 0.1) is 0 Å². The zero-order valence-corrected chi connectivity index (χ0v) is 16.0. The summed E-state index contributed by atoms with van der Waals surface area (Å²) >= 11 is 5.82. The number of hydrogen-bond acceptors (Lipinski definition) is 5. The number of carbonyl (C=O) groups is 4. The lowest BCUT2D eigenvalue weighted by atomic mass is 9.95. The number of halogens is 1. The van der Waals surface area contributed by atoms with Crippen LogP contribution in [0.25, 0.3) is 0 Å². The molecule has 0 aromatic heterocycles. The van der Waals surface area contributed by atoms with E-state index in [4.69, 9.17) is 16.3 Å². The van der Waals surface area contributed by atoms with Gasteiger partial charge in [0.1, 0.15) is 12.1 Å². The zero-order chi connectivity index (χ0) is 20.0. The molecule has 1 atom stereocenters. The predicted molar refractivity (Wildman–Crippen MR) is 99.2 cm³/mol. The first kappa shape index (κ1) is 20.7. The third-order valence-electron chi connectivity index (χ3n) is 4.14. The zero-order valence-electron chi connectivity index (χ0n) is 15.2. The van der Waals surface area contributed by atoms with E-state index in [1.165, 1.54) is 0 Å². The molecule has 4 amide bonds. The molecular formula is C18H22ClN3O5. The Morgan fingerprint density at radius 2 is 2.07 bits per heavy atom. The van der Waals surface area contributed by atoms with Crippen LogP contribution in [0.2, 0.25) is 5.02 Å². The van der Waals surface area contributed by atoms with Gasteiger partial charge in [-0.3, -0.25) is 19.3 Å². The maximum Gasteiger partial charge on any atom is 0.326 e. The number of unbranched alkanes of at least 4 members (excludes halogenated alkanes) is 1. The molecule has 1 aliphatic rings. The maximum absolute atomic E-state index is 12.4. The SMILES string of the molecule is CCCC[C@@]1(C)NC(=O)N(CC(=O)OCC(=O)Nc2cccc(Cl)c2)C1=O. The fraction of sp³-hybridized carbons (Fsp3) is 0.444. The van der Waals surface area contributed by atoms with E-state index in [0.29, 0.717) is 17.1 Å². The number of carbonyl (C=O) groups excluding carboxylic acids is 4. The van der Waals surface area contributed by atoms with Gasteiger partial charge in [0.25, 0.3) is 11.8 Å². The number of rotatable bonds is 8. The summed E-state index contributed by atoms with van der Waals surface area (Å²) in [6, 6.07) is 5.86. The van der Waals surface area contributed by atoms with Crippen LogP contribution in [-0.2, 0) is 19.1 Å². The van der Waals surface area contributed by atoms with Gasteiger partial charge in [-0.1, -0.05) is 37.4 Å². The van der Waals surface area contributed by atoms with E-state index in [1.54, 1.807) is 31.2 Å². The second-order valence-corrected chi connectivity index (χ2v) is 6.91. The molecule has 0 saturated carbocycles. The van der Waals surface area contributed by atoms with Crippen molar-refractivity contribution in [2.45, 2.75) is 38.6 Å². The summed E-state index contributed by atoms with van der Waals surface area (Å²) in [5.41, 5.74) is -0.554. The highest BCUT2D eigenvalue weighted by Gasteiger charge is 2.47. The van der Waals surface area contributed by atoms with Gasteiger partial charge in [-0.2, -0.15) is 0 Å². The van der Waals surface area contributed by atoms with E-state index in [9.17, 15) is 19.2 Å². The monoisotopic (exact) mass is 395 g/mol. The number of nitrogens with zero attached hydrogens (tertiary/aromatic N) is 1. The van der Waals surface area contributed by atoms with E-state index < -0.39 is 42.5 Å². The molecule has 0 bridgehead atoms. The molecular weight excluding hydrogens is 374 g/mol. The van der Waals surface area contributed by atoms with Crippen molar-refractivity contribution in [3.8, 4) is 0 Å². The second kappa shape index (κ2) is 8.85. The highest BCUT2D eigenvalue weighted by molar-refractivity contribution is 6.30. The van der Waals surface area contributed by atoms with Crippen molar-refractivity contribution >= 4 is 41.1 Å². The fourth-order valence-corrected chi connectivity index (χ4v) is 2.86. The first-order valence-corrected chi connectivity index (χ1v) is 8.98. The molecule has 0 aliphatic carbocycles. The average Bonchev–Trinajstić information content (AvgIpc) is 2.82. The average molecular weight is 396 g/mol. The van der Waals surface area contributed by atoms with Crippen molar-refractivity contribution in [1.82, 2.24) is 10.2 Å². The Labute approximate surface area is 162 Å². The molecule has 2 N–H and O–H groups in total. The number of amides is 4. The number of nitrogens with one attached hydrogen (secondary N) is 2. The van der Waals surface area contributed by atoms with Crippen molar-refractivity contribution in [1.29, 1.82) is 0 Å². The molecule has 1 aromatic carbocycles. The third kappa shape index (κ3) is 5.43. The molecule has 0 spiro atoms. The first-order valence-electron chi connectivity index (χ1n) is 8.60. The number of urea groups is 1. The molecule has 146 valence electrons. The molecule has 1 heterocycles. The smallest absolute Gasteiger partial charge is 0.326 e. The minimum atomic E-state index is -1.02. The highest BCUT2D eigenvalue weighted by Crippen LogP contribution is 2.23. The lowest BCUT2D eigenvalue weighted by Gasteiger charge is -2.21. The standard InChI is InChI=1S/C18H22ClN3O5/c1-3-4-8-18(2)16(25)22(17(26)21-18)10-15(24)27-11-14(23)20-13-7-5-6-12(19)9-13/h5-7,9H,3-4,8,10-11H2,1-2H3,(H,20,23)(H,21,26)/t18-/m1/s1. The fourth-order valence-electron chi connectivity index (χ4n) is 2.67. The van der Waals surface area contributed by atoms with Gasteiger partial charge < -0.3 is 15.4 Å². The van der Waals surface area contributed by atoms with E-state index in [-0.39, 0.29) is 0 Å². The predicted octanol–water partition coefficient (Wildman–Crippen LogP) is 2.32. The van der Waals surface area contributed by atoms with E-state index in [2.05, 4.69) is 10.6 Å². The van der Waals surface area contributed by atoms with Crippen molar-refractivity contribution in [3.63, 3.8) is 0 Å². The number of ether oxygens (including phenoxy) is 1. The Morgan fingerprint density at radius 3 is 2.74 bits per heavy atom. The van der Waals surface area contributed by atoms with Crippen LogP contribution in [0, 0.1) is 0 Å². The van der Waals surface area contributed by atoms with Crippen molar-refractivity contribution in [3.05, 3.63) is 29.3 Å². The molecule has 1 saturated heterocycles. The number of esters is 1. The Kier molecular flexibility index (Phi) is 6.79. The van der Waals surface area contributed by atoms with Crippen LogP contribution in [0.1, 0.15) is 33.1 Å². The summed E-state index contributed by atoms with van der Waals surface area (Å²) in [5.74, 6) is -1.88. The van der Waals surface area contributed by atoms with Crippen LogP contribution < -0.4 is 10.6 Å². The van der Waals surface area contributed by atoms with Crippen LogP contribution >= 0.6 is 11.6 Å². The van der Waals surface area contributed by atoms with Crippen molar-refractivity contribution < 1.29 is 23.9 Å². The molecule has 9 heteroatoms. The van der Waals surface area contributed by atoms with Gasteiger partial charge >= 0.3 is 12.0 Å². The van der Waals surface area contributed by atoms with Gasteiger partial charge in [0.2, 0.25) is 0 Å². The largest absolute Gasteiger partial charge is 0.454 e. The number of imide groups is 1. The number of hydrogen-bond donors (Lipinski definition) is 2. The summed E-state index contributed by atoms with van der Waals surface area (Å²) in [6.07, 6.45) is 2.13. The van der Waals surface area contributed by atoms with Gasteiger partial charge in [-0.25, -0.2) is 4.79 Å². The van der Waals surface area contributed by atoms with E-state index >= 15 is 0 Å². The minimum absolute atomic E-state index is 0.453. The minimum Gasteiger partial charge on any atom is -0.454 e. The number of benzene rings is 1. The summed E-state index contributed by atoms with van der Waals surface area (Å²) in [5, 5.41) is 5.59. The molecule has 27 heavy (non-hydrogen) atoms. The summed E-state index contributed by atoms with van der Waals surface area (Å²) in [6.45, 7) is 2.53. The summed E-state index contributed by atoms with van der Waals surface area (Å²) in [7, 11) is 0. The van der Waals surface area contributed by atoms with Crippen LogP contribution in [0.3, 0.4) is 0 Å². The van der Waals surface area contributed by atoms with Crippen LogP contribution in [0.4, 0.5) is 10.5 Å². The van der Waals surface area contributed by atoms with Crippen molar-refractivity contribution in [2.24, 2.45) is 0 Å². The van der Waals surface area contributed by atoms with Crippen LogP contribution in [-0.4, -0.2) is 47.4 Å². The van der Waals surface area contributed by atoms with Crippen molar-refractivity contribution in [2.75, 3.05) is 18.5 Å². The van der Waals surface area contributed by atoms with Gasteiger partial charge in [0, 0.05) is 10.7 Å². The van der Waals surface area contributed by atoms with Gasteiger partial charge in [-0.15, -0.1) is 0 Å². The summed E-state index contributed by atoms with van der Waals surface area (Å²) < 4.78 is 4.86. The normalized spacial score (nSPS) is 19.0. The molecule has 2 rings (SSSR count). The molecule has 1 fully saturated rings. The molecule has 1 aliphatic heterocycles. The molecule has 1 aromatic rings. The Hall–Kier alpha value is -2.61. The Morgan fingerprint density at radius 1 is 1.33 bits per heavy atom. The molecule has 0 unspecified atom stereocenters. The quantitative estimate of drug-likeness (QED) is 0.519. The molecule has 0 radical (unpaired) electrons. The van der Waals surface area contributed by atoms with Gasteiger partial charge in [0.15, 0.2) is 6.61 Å². The molecule has 8 nitrogen and oxygen atoms in total. The lowest BCUT2D eigenvalue weighted by molar-refractivity contribution is -0.150. The Bertz CT molecular complexity index is 754. The topological polar surface area (TPSA) is 105 Å². The lowest BCUT2D eigenvalue weighted by Crippen LogP contribution is -2.44. The summed E-state index contributed by atoms with van der Waals surface area (Å²) in [4.78, 5) is 49.0. The van der Waals surface area contributed by atoms with E-state index in [0.717, 1.165) is 17.7 Å². The number of anilines is 1. The maximum atomic E-state index is 12.4. The van der Waals surface area contributed by atoms with Gasteiger partial charge in [-0.05, 0) is 31.5 Å². The van der Waals surface area contributed by atoms with E-state index in [1.807, 2.05) is 6.92 Å². The first-order chi connectivity index (χ1) is 12.7. The van der Waals surface area contributed by atoms with Crippen LogP contribution in [0.5, 0.6) is 0 Å². The second-order valence-electron chi connectivity index (χ2n) is 6.48. The Balaban J connectivity index is 1.84. The third-order valence-corrected chi connectivity index (χ3v) is 4.37. The highest BCUT2D eigenvalue weighted by atomic mass is 35.5.